The highest BCUT2D eigenvalue weighted by molar-refractivity contribution is 7.90. The van der Waals surface area contributed by atoms with E-state index < -0.39 is 9.84 Å². The van der Waals surface area contributed by atoms with Gasteiger partial charge in [0.1, 0.15) is 0 Å². The van der Waals surface area contributed by atoms with Gasteiger partial charge in [0.05, 0.1) is 16.3 Å². The van der Waals surface area contributed by atoms with Crippen LogP contribution in [-0.2, 0) is 9.84 Å². The topological polar surface area (TPSA) is 98.3 Å². The van der Waals surface area contributed by atoms with Crippen LogP contribution in [0.1, 0.15) is 10.5 Å². The van der Waals surface area contributed by atoms with Gasteiger partial charge in [0.2, 0.25) is 0 Å². The van der Waals surface area contributed by atoms with Gasteiger partial charge >= 0.3 is 0 Å². The molecule has 0 radical (unpaired) electrons. The predicted molar refractivity (Wildman–Crippen MR) is 79.1 cm³/mol. The number of nitrogen functional groups attached to an aromatic ring is 1. The van der Waals surface area contributed by atoms with Crippen molar-refractivity contribution in [3.8, 4) is 5.69 Å². The van der Waals surface area contributed by atoms with Gasteiger partial charge in [0, 0.05) is 26.5 Å². The molecule has 1 aromatic heterocycles. The van der Waals surface area contributed by atoms with Crippen molar-refractivity contribution in [2.45, 2.75) is 4.90 Å². The molecule has 2 rings (SSSR count). The molecule has 21 heavy (non-hydrogen) atoms. The largest absolute Gasteiger partial charge is 0.396 e. The van der Waals surface area contributed by atoms with Crippen molar-refractivity contribution < 1.29 is 13.2 Å². The molecule has 0 bridgehead atoms. The van der Waals surface area contributed by atoms with E-state index in [-0.39, 0.29) is 22.2 Å². The number of nitrogens with zero attached hydrogens (tertiary/aromatic N) is 3. The highest BCUT2D eigenvalue weighted by Gasteiger charge is 2.17. The number of hydrogen-bond acceptors (Lipinski definition) is 5. The summed E-state index contributed by atoms with van der Waals surface area (Å²) in [4.78, 5) is 13.3. The Kier molecular flexibility index (Phi) is 3.73. The molecule has 0 fully saturated rings. The van der Waals surface area contributed by atoms with Crippen LogP contribution in [0, 0.1) is 0 Å². The lowest BCUT2D eigenvalue weighted by Gasteiger charge is -2.10. The SMILES string of the molecule is CN(C)C(=O)c1ccn(-c2cccc(S(C)(=O)=O)c2N)n1. The van der Waals surface area contributed by atoms with E-state index in [2.05, 4.69) is 5.10 Å². The minimum atomic E-state index is -3.43. The lowest BCUT2D eigenvalue weighted by atomic mass is 10.3. The van der Waals surface area contributed by atoms with Crippen LogP contribution >= 0.6 is 0 Å². The first-order valence-electron chi connectivity index (χ1n) is 6.08. The van der Waals surface area contributed by atoms with E-state index in [1.807, 2.05) is 0 Å². The molecule has 0 atom stereocenters. The van der Waals surface area contributed by atoms with E-state index in [1.54, 1.807) is 38.5 Å². The van der Waals surface area contributed by atoms with Crippen molar-refractivity contribution in [3.05, 3.63) is 36.2 Å². The third-order valence-corrected chi connectivity index (χ3v) is 4.06. The molecule has 0 aliphatic rings. The van der Waals surface area contributed by atoms with Gasteiger partial charge in [-0.25, -0.2) is 13.1 Å². The summed E-state index contributed by atoms with van der Waals surface area (Å²) in [6.07, 6.45) is 2.65. The first kappa shape index (κ1) is 15.0. The number of carbonyl (C=O) groups excluding carboxylic acids is 1. The van der Waals surface area contributed by atoms with Crippen molar-refractivity contribution in [2.24, 2.45) is 0 Å². The van der Waals surface area contributed by atoms with E-state index in [0.717, 1.165) is 6.26 Å². The highest BCUT2D eigenvalue weighted by atomic mass is 32.2. The summed E-state index contributed by atoms with van der Waals surface area (Å²) >= 11 is 0. The highest BCUT2D eigenvalue weighted by Crippen LogP contribution is 2.25. The molecular weight excluding hydrogens is 292 g/mol. The summed E-state index contributed by atoms with van der Waals surface area (Å²) in [6, 6.07) is 6.20. The average Bonchev–Trinajstić information content (AvgIpc) is 2.85. The van der Waals surface area contributed by atoms with Crippen LogP contribution in [0.5, 0.6) is 0 Å². The molecule has 1 heterocycles. The Hall–Kier alpha value is -2.35. The molecule has 0 saturated heterocycles. The lowest BCUT2D eigenvalue weighted by molar-refractivity contribution is 0.0821. The summed E-state index contributed by atoms with van der Waals surface area (Å²) in [6.45, 7) is 0. The maximum absolute atomic E-state index is 11.8. The van der Waals surface area contributed by atoms with Crippen LogP contribution in [0.25, 0.3) is 5.69 Å². The Balaban J connectivity index is 2.52. The number of anilines is 1. The summed E-state index contributed by atoms with van der Waals surface area (Å²) in [5.74, 6) is -0.244. The van der Waals surface area contributed by atoms with Gasteiger partial charge in [0.15, 0.2) is 15.5 Å². The average molecular weight is 308 g/mol. The second kappa shape index (κ2) is 5.21. The van der Waals surface area contributed by atoms with Crippen molar-refractivity contribution in [1.82, 2.24) is 14.7 Å². The fourth-order valence-electron chi connectivity index (χ4n) is 1.86. The smallest absolute Gasteiger partial charge is 0.273 e. The number of hydrogen-bond donors (Lipinski definition) is 1. The summed E-state index contributed by atoms with van der Waals surface area (Å²) in [7, 11) is -0.178. The van der Waals surface area contributed by atoms with Crippen LogP contribution in [0.3, 0.4) is 0 Å². The Labute approximate surface area is 122 Å². The van der Waals surface area contributed by atoms with E-state index in [0.29, 0.717) is 5.69 Å². The lowest BCUT2D eigenvalue weighted by Crippen LogP contribution is -2.22. The molecule has 2 N–H and O–H groups in total. The first-order valence-corrected chi connectivity index (χ1v) is 7.97. The third kappa shape index (κ3) is 2.89. The van der Waals surface area contributed by atoms with Gasteiger partial charge in [-0.15, -0.1) is 0 Å². The van der Waals surface area contributed by atoms with E-state index in [1.165, 1.54) is 15.6 Å². The fourth-order valence-corrected chi connectivity index (χ4v) is 2.69. The molecule has 1 amide bonds. The number of rotatable bonds is 3. The molecular formula is C13H16N4O3S. The van der Waals surface area contributed by atoms with Crippen LogP contribution in [-0.4, -0.2) is 49.4 Å². The molecule has 0 saturated carbocycles. The number of amides is 1. The minimum absolute atomic E-state index is 0.0380. The standard InChI is InChI=1S/C13H16N4O3S/c1-16(2)13(18)9-7-8-17(15-9)10-5-4-6-11(12(10)14)21(3,19)20/h4-8H,14H2,1-3H3. The monoisotopic (exact) mass is 308 g/mol. The first-order chi connectivity index (χ1) is 9.71. The maximum Gasteiger partial charge on any atom is 0.273 e. The molecule has 0 spiro atoms. The van der Waals surface area contributed by atoms with Crippen LogP contribution < -0.4 is 5.73 Å². The van der Waals surface area contributed by atoms with Gasteiger partial charge < -0.3 is 10.6 Å². The molecule has 0 aliphatic carbocycles. The Morgan fingerprint density at radius 1 is 1.29 bits per heavy atom. The number of nitrogens with two attached hydrogens (primary N) is 1. The molecule has 0 unspecified atom stereocenters. The Bertz CT molecular complexity index is 793. The zero-order chi connectivity index (χ0) is 15.8. The normalized spacial score (nSPS) is 11.4. The van der Waals surface area contributed by atoms with Gasteiger partial charge in [-0.2, -0.15) is 5.10 Å². The molecule has 7 nitrogen and oxygen atoms in total. The van der Waals surface area contributed by atoms with Crippen molar-refractivity contribution in [1.29, 1.82) is 0 Å². The quantitative estimate of drug-likeness (QED) is 0.835. The Morgan fingerprint density at radius 2 is 1.95 bits per heavy atom. The molecule has 8 heteroatoms. The van der Waals surface area contributed by atoms with Gasteiger partial charge in [-0.1, -0.05) is 6.07 Å². The van der Waals surface area contributed by atoms with Crippen LogP contribution in [0.2, 0.25) is 0 Å². The molecule has 0 aliphatic heterocycles. The molecule has 2 aromatic rings. The van der Waals surface area contributed by atoms with Crippen molar-refractivity contribution >= 4 is 21.4 Å². The zero-order valence-corrected chi connectivity index (χ0v) is 12.8. The number of carbonyl (C=O) groups is 1. The number of para-hydroxylation sites is 1. The van der Waals surface area contributed by atoms with Crippen LogP contribution in [0.15, 0.2) is 35.4 Å². The fraction of sp³-hybridized carbons (Fsp3) is 0.231. The molecule has 1 aromatic carbocycles. The van der Waals surface area contributed by atoms with Crippen LogP contribution in [0.4, 0.5) is 5.69 Å². The van der Waals surface area contributed by atoms with Crippen molar-refractivity contribution in [2.75, 3.05) is 26.1 Å². The number of benzene rings is 1. The minimum Gasteiger partial charge on any atom is -0.396 e. The third-order valence-electron chi connectivity index (χ3n) is 2.90. The Morgan fingerprint density at radius 3 is 2.52 bits per heavy atom. The number of sulfone groups is 1. The predicted octanol–water partition coefficient (Wildman–Crippen LogP) is 0.560. The zero-order valence-electron chi connectivity index (χ0n) is 11.9. The van der Waals surface area contributed by atoms with Gasteiger partial charge in [-0.3, -0.25) is 4.79 Å². The summed E-state index contributed by atoms with van der Waals surface area (Å²) < 4.78 is 24.7. The van der Waals surface area contributed by atoms with Crippen molar-refractivity contribution in [3.63, 3.8) is 0 Å². The number of aromatic nitrogens is 2. The van der Waals surface area contributed by atoms with E-state index >= 15 is 0 Å². The second-order valence-corrected chi connectivity index (χ2v) is 6.79. The van der Waals surface area contributed by atoms with E-state index in [9.17, 15) is 13.2 Å². The van der Waals surface area contributed by atoms with Gasteiger partial charge in [0.25, 0.3) is 5.91 Å². The second-order valence-electron chi connectivity index (χ2n) is 4.81. The van der Waals surface area contributed by atoms with E-state index in [4.69, 9.17) is 5.73 Å². The summed E-state index contributed by atoms with van der Waals surface area (Å²) in [5, 5.41) is 4.14. The maximum atomic E-state index is 11.8. The molecule has 112 valence electrons. The van der Waals surface area contributed by atoms with Gasteiger partial charge in [-0.05, 0) is 18.2 Å². The summed E-state index contributed by atoms with van der Waals surface area (Å²) in [5.41, 5.74) is 6.68.